The first-order chi connectivity index (χ1) is 11.4. The zero-order valence-electron chi connectivity index (χ0n) is 13.7. The number of aromatic nitrogens is 1. The van der Waals surface area contributed by atoms with Crippen molar-refractivity contribution in [1.82, 2.24) is 15.0 Å². The lowest BCUT2D eigenvalue weighted by molar-refractivity contribution is 0.0950. The largest absolute Gasteiger partial charge is 0.481 e. The van der Waals surface area contributed by atoms with E-state index in [1.165, 1.54) is 26.3 Å². The third-order valence-electron chi connectivity index (χ3n) is 3.49. The number of ether oxygens (including phenoxy) is 1. The Balaban J connectivity index is 2.15. The molecule has 0 saturated carbocycles. The maximum Gasteiger partial charge on any atom is 0.251 e. The predicted octanol–water partition coefficient (Wildman–Crippen LogP) is 1.24. The zero-order chi connectivity index (χ0) is 17.7. The molecule has 2 aromatic rings. The van der Waals surface area contributed by atoms with Gasteiger partial charge in [0.25, 0.3) is 5.91 Å². The Morgan fingerprint density at radius 2 is 2.00 bits per heavy atom. The van der Waals surface area contributed by atoms with Gasteiger partial charge in [-0.2, -0.15) is 0 Å². The highest BCUT2D eigenvalue weighted by Crippen LogP contribution is 2.16. The van der Waals surface area contributed by atoms with Crippen molar-refractivity contribution < 1.29 is 17.9 Å². The van der Waals surface area contributed by atoms with Crippen LogP contribution in [0.15, 0.2) is 41.4 Å². The van der Waals surface area contributed by atoms with Crippen molar-refractivity contribution in [2.24, 2.45) is 0 Å². The van der Waals surface area contributed by atoms with E-state index in [4.69, 9.17) is 4.74 Å². The minimum absolute atomic E-state index is 0.0480. The van der Waals surface area contributed by atoms with E-state index in [1.54, 1.807) is 31.3 Å². The van der Waals surface area contributed by atoms with Crippen molar-refractivity contribution in [3.63, 3.8) is 0 Å². The molecule has 0 spiro atoms. The summed E-state index contributed by atoms with van der Waals surface area (Å²) in [7, 11) is -0.748. The third-order valence-corrected chi connectivity index (χ3v) is 4.90. The van der Waals surface area contributed by atoms with Gasteiger partial charge in [-0.3, -0.25) is 4.79 Å². The van der Waals surface area contributed by atoms with Gasteiger partial charge in [0.05, 0.1) is 12.0 Å². The molecule has 1 aromatic heterocycles. The second-order valence-electron chi connectivity index (χ2n) is 5.08. The van der Waals surface area contributed by atoms with Gasteiger partial charge in [-0.1, -0.05) is 12.1 Å². The van der Waals surface area contributed by atoms with Crippen LogP contribution in [0, 0.1) is 6.92 Å². The number of benzene rings is 1. The molecule has 1 amide bonds. The zero-order valence-corrected chi connectivity index (χ0v) is 14.5. The Morgan fingerprint density at radius 1 is 1.25 bits per heavy atom. The summed E-state index contributed by atoms with van der Waals surface area (Å²) in [4.78, 5) is 16.5. The summed E-state index contributed by atoms with van der Waals surface area (Å²) in [6.07, 6.45) is 1.61. The summed E-state index contributed by atoms with van der Waals surface area (Å²) in [6, 6.07) is 7.93. The smallest absolute Gasteiger partial charge is 0.251 e. The first-order valence-corrected chi connectivity index (χ1v) is 8.67. The van der Waals surface area contributed by atoms with Crippen LogP contribution in [0.4, 0.5) is 0 Å². The van der Waals surface area contributed by atoms with Crippen LogP contribution in [0.1, 0.15) is 21.5 Å². The first kappa shape index (κ1) is 17.9. The topological polar surface area (TPSA) is 97.4 Å². The number of amides is 1. The van der Waals surface area contributed by atoms with E-state index in [0.717, 1.165) is 5.56 Å². The van der Waals surface area contributed by atoms with Gasteiger partial charge in [0.1, 0.15) is 0 Å². The van der Waals surface area contributed by atoms with Crippen LogP contribution >= 0.6 is 0 Å². The van der Waals surface area contributed by atoms with Gasteiger partial charge in [0, 0.05) is 24.4 Å². The van der Waals surface area contributed by atoms with Crippen LogP contribution in [0.25, 0.3) is 0 Å². The van der Waals surface area contributed by atoms with Crippen LogP contribution in [-0.2, 0) is 16.6 Å². The summed E-state index contributed by atoms with van der Waals surface area (Å²) in [5.41, 5.74) is 1.81. The molecule has 1 aromatic carbocycles. The fourth-order valence-electron chi connectivity index (χ4n) is 2.04. The number of nitrogens with zero attached hydrogens (tertiary/aromatic N) is 1. The molecule has 8 heteroatoms. The molecular formula is C16H19N3O4S. The molecule has 1 heterocycles. The normalized spacial score (nSPS) is 11.1. The Kier molecular flexibility index (Phi) is 5.53. The maximum absolute atomic E-state index is 12.4. The number of sulfonamides is 1. The minimum Gasteiger partial charge on any atom is -0.481 e. The molecule has 0 atom stereocenters. The SMILES string of the molecule is CNS(=O)(=O)c1ccc(C)c(C(=O)NCc2ccc(OC)nc2)c1. The fourth-order valence-corrected chi connectivity index (χ4v) is 2.80. The van der Waals surface area contributed by atoms with Gasteiger partial charge in [0.15, 0.2) is 0 Å². The van der Waals surface area contributed by atoms with Gasteiger partial charge in [-0.25, -0.2) is 18.1 Å². The third kappa shape index (κ3) is 4.09. The number of hydrogen-bond donors (Lipinski definition) is 2. The summed E-state index contributed by atoms with van der Waals surface area (Å²) in [5.74, 6) is 0.141. The number of hydrogen-bond acceptors (Lipinski definition) is 5. The number of nitrogens with one attached hydrogen (secondary N) is 2. The lowest BCUT2D eigenvalue weighted by atomic mass is 10.1. The predicted molar refractivity (Wildman–Crippen MR) is 89.4 cm³/mol. The summed E-state index contributed by atoms with van der Waals surface area (Å²) >= 11 is 0. The van der Waals surface area contributed by atoms with Gasteiger partial charge >= 0.3 is 0 Å². The van der Waals surface area contributed by atoms with Crippen molar-refractivity contribution in [1.29, 1.82) is 0 Å². The number of carbonyl (C=O) groups excluding carboxylic acids is 1. The maximum atomic E-state index is 12.4. The highest BCUT2D eigenvalue weighted by molar-refractivity contribution is 7.89. The quantitative estimate of drug-likeness (QED) is 0.818. The Hall–Kier alpha value is -2.45. The van der Waals surface area contributed by atoms with Crippen molar-refractivity contribution >= 4 is 15.9 Å². The molecule has 2 N–H and O–H groups in total. The molecule has 2 rings (SSSR count). The van der Waals surface area contributed by atoms with E-state index in [9.17, 15) is 13.2 Å². The average molecular weight is 349 g/mol. The van der Waals surface area contributed by atoms with Crippen molar-refractivity contribution in [2.75, 3.05) is 14.2 Å². The monoisotopic (exact) mass is 349 g/mol. The van der Waals surface area contributed by atoms with Crippen LogP contribution in [0.5, 0.6) is 5.88 Å². The van der Waals surface area contributed by atoms with E-state index in [0.29, 0.717) is 17.0 Å². The summed E-state index contributed by atoms with van der Waals surface area (Å²) < 4.78 is 30.9. The van der Waals surface area contributed by atoms with Crippen LogP contribution in [0.3, 0.4) is 0 Å². The second kappa shape index (κ2) is 7.41. The Morgan fingerprint density at radius 3 is 2.58 bits per heavy atom. The fraction of sp³-hybridized carbons (Fsp3) is 0.250. The van der Waals surface area contributed by atoms with E-state index < -0.39 is 10.0 Å². The van der Waals surface area contributed by atoms with Gasteiger partial charge < -0.3 is 10.1 Å². The molecular weight excluding hydrogens is 330 g/mol. The molecule has 7 nitrogen and oxygen atoms in total. The highest BCUT2D eigenvalue weighted by Gasteiger charge is 2.16. The number of pyridine rings is 1. The molecule has 0 bridgehead atoms. The lowest BCUT2D eigenvalue weighted by Crippen LogP contribution is -2.25. The highest BCUT2D eigenvalue weighted by atomic mass is 32.2. The summed E-state index contributed by atoms with van der Waals surface area (Å²) in [6.45, 7) is 2.03. The number of aryl methyl sites for hydroxylation is 1. The minimum atomic E-state index is -3.60. The van der Waals surface area contributed by atoms with Gasteiger partial charge in [-0.05, 0) is 37.2 Å². The molecule has 128 valence electrons. The number of methoxy groups -OCH3 is 1. The molecule has 0 radical (unpaired) electrons. The van der Waals surface area contributed by atoms with Crippen molar-refractivity contribution in [3.05, 3.63) is 53.2 Å². The number of rotatable bonds is 6. The van der Waals surface area contributed by atoms with E-state index in [1.807, 2.05) is 0 Å². The lowest BCUT2D eigenvalue weighted by Gasteiger charge is -2.10. The van der Waals surface area contributed by atoms with E-state index >= 15 is 0 Å². The van der Waals surface area contributed by atoms with E-state index in [2.05, 4.69) is 15.0 Å². The van der Waals surface area contributed by atoms with Crippen LogP contribution in [0.2, 0.25) is 0 Å². The number of carbonyl (C=O) groups is 1. The molecule has 0 aliphatic rings. The van der Waals surface area contributed by atoms with Crippen LogP contribution < -0.4 is 14.8 Å². The van der Waals surface area contributed by atoms with Crippen molar-refractivity contribution in [2.45, 2.75) is 18.4 Å². The average Bonchev–Trinajstić information content (AvgIpc) is 2.60. The second-order valence-corrected chi connectivity index (χ2v) is 6.96. The molecule has 24 heavy (non-hydrogen) atoms. The van der Waals surface area contributed by atoms with E-state index in [-0.39, 0.29) is 17.3 Å². The standard InChI is InChI=1S/C16H19N3O4S/c1-11-4-6-13(24(21,22)17-2)8-14(11)16(20)19-10-12-5-7-15(23-3)18-9-12/h4-9,17H,10H2,1-3H3,(H,19,20). The van der Waals surface area contributed by atoms with Gasteiger partial charge in [0.2, 0.25) is 15.9 Å². The van der Waals surface area contributed by atoms with Gasteiger partial charge in [-0.15, -0.1) is 0 Å². The Labute approximate surface area is 141 Å². The molecule has 0 saturated heterocycles. The van der Waals surface area contributed by atoms with Crippen LogP contribution in [-0.4, -0.2) is 33.5 Å². The summed E-state index contributed by atoms with van der Waals surface area (Å²) in [5, 5.41) is 2.76. The molecule has 0 fully saturated rings. The first-order valence-electron chi connectivity index (χ1n) is 7.18. The van der Waals surface area contributed by atoms with Crippen molar-refractivity contribution in [3.8, 4) is 5.88 Å². The molecule has 0 aliphatic heterocycles. The molecule has 0 aliphatic carbocycles. The molecule has 0 unspecified atom stereocenters. The Bertz CT molecular complexity index is 833.